The van der Waals surface area contributed by atoms with Crippen LogP contribution in [0.3, 0.4) is 0 Å². The van der Waals surface area contributed by atoms with Crippen LogP contribution in [0.25, 0.3) is 0 Å². The van der Waals surface area contributed by atoms with Gasteiger partial charge >= 0.3 is 0 Å². The Bertz CT molecular complexity index is 1590. The third-order valence-corrected chi connectivity index (χ3v) is 17.4. The first kappa shape index (κ1) is 45.2. The van der Waals surface area contributed by atoms with Crippen molar-refractivity contribution in [2.75, 3.05) is 13.2 Å². The molecule has 61 heavy (non-hydrogen) atoms. The minimum atomic E-state index is -1.94. The van der Waals surface area contributed by atoms with Crippen molar-refractivity contribution in [3.8, 4) is 0 Å². The van der Waals surface area contributed by atoms with Crippen molar-refractivity contribution < 1.29 is 83.9 Å². The molecule has 1 unspecified atom stereocenters. The zero-order valence-electron chi connectivity index (χ0n) is 35.9. The van der Waals surface area contributed by atoms with Gasteiger partial charge in [0.05, 0.1) is 31.5 Å². The normalized spacial score (nSPS) is 58.4. The molecule has 348 valence electrons. The van der Waals surface area contributed by atoms with E-state index in [4.69, 9.17) is 37.9 Å². The molecule has 0 aromatic heterocycles. The smallest absolute Gasteiger partial charge is 0.189 e. The van der Waals surface area contributed by atoms with Crippen molar-refractivity contribution in [3.05, 3.63) is 11.6 Å². The summed E-state index contributed by atoms with van der Waals surface area (Å²) in [5, 5.41) is 95.3. The number of hydrogen-bond acceptors (Lipinski definition) is 17. The number of rotatable bonds is 7. The van der Waals surface area contributed by atoms with Crippen molar-refractivity contribution in [2.45, 2.75) is 203 Å². The third kappa shape index (κ3) is 7.41. The van der Waals surface area contributed by atoms with Gasteiger partial charge in [-0.1, -0.05) is 39.3 Å². The van der Waals surface area contributed by atoms with E-state index >= 15 is 0 Å². The Balaban J connectivity index is 0.916. The molecule has 17 nitrogen and oxygen atoms in total. The lowest BCUT2D eigenvalue weighted by Crippen LogP contribution is -2.66. The van der Waals surface area contributed by atoms with E-state index in [-0.39, 0.29) is 16.9 Å². The Morgan fingerprint density at radius 3 is 2.11 bits per heavy atom. The number of aliphatic hydroxyl groups is 9. The number of allylic oxidation sites excluding steroid dienone is 1. The summed E-state index contributed by atoms with van der Waals surface area (Å²) in [6, 6.07) is 0. The molecule has 0 aromatic carbocycles. The van der Waals surface area contributed by atoms with E-state index in [1.807, 2.05) is 0 Å². The zero-order chi connectivity index (χ0) is 43.5. The van der Waals surface area contributed by atoms with Gasteiger partial charge in [-0.05, 0) is 98.7 Å². The van der Waals surface area contributed by atoms with Crippen LogP contribution in [0.15, 0.2) is 11.6 Å². The summed E-state index contributed by atoms with van der Waals surface area (Å²) < 4.78 is 49.3. The molecule has 8 fully saturated rings. The standard InChI is InChI=1S/C44H70O17/c1-18-8-13-44(54-17-18)19(2)28-26(61-44)15-25-23-7-6-21-14-22(9-11-42(21,4)24(23)10-12-43(25,28)5)56-41-37(59-39-33(50)30(47)29(46)20(3)55-39)35(52)36(27(16-45)57-41)58-40-34(51)31(48)32(49)38(53)60-40/h6,18-20,22-41,45-53H,7-17H2,1-5H3/t18-,19+,20+,22?,23-,24+,25+,26-,27-,28-,29+,30-,31-,32-,33-,34-,35+,36-,37-,38-,39-,40+,41-,42+,43+,44-/m1/s1. The van der Waals surface area contributed by atoms with Crippen LogP contribution in [-0.4, -0.2) is 169 Å². The maximum absolute atomic E-state index is 11.9. The van der Waals surface area contributed by atoms with E-state index in [1.54, 1.807) is 0 Å². The summed E-state index contributed by atoms with van der Waals surface area (Å²) in [5.74, 6) is 2.56. The quantitative estimate of drug-likeness (QED) is 0.155. The van der Waals surface area contributed by atoms with Crippen LogP contribution in [0.2, 0.25) is 0 Å². The molecule has 4 aliphatic carbocycles. The van der Waals surface area contributed by atoms with E-state index in [1.165, 1.54) is 12.5 Å². The maximum atomic E-state index is 11.9. The van der Waals surface area contributed by atoms with Crippen molar-refractivity contribution in [2.24, 2.45) is 46.3 Å². The summed E-state index contributed by atoms with van der Waals surface area (Å²) in [6.45, 7) is 11.1. The molecule has 5 aliphatic heterocycles. The highest BCUT2D eigenvalue weighted by atomic mass is 16.8. The Morgan fingerprint density at radius 1 is 0.705 bits per heavy atom. The van der Waals surface area contributed by atoms with Crippen LogP contribution < -0.4 is 0 Å². The first-order valence-corrected chi connectivity index (χ1v) is 22.9. The van der Waals surface area contributed by atoms with Crippen molar-refractivity contribution >= 4 is 0 Å². The minimum absolute atomic E-state index is 0.0375. The number of ether oxygens (including phenoxy) is 8. The second kappa shape index (κ2) is 16.7. The molecular formula is C44H70O17. The first-order valence-electron chi connectivity index (χ1n) is 22.9. The van der Waals surface area contributed by atoms with E-state index < -0.39 is 111 Å². The topological polar surface area (TPSA) is 256 Å². The summed E-state index contributed by atoms with van der Waals surface area (Å²) >= 11 is 0. The zero-order valence-corrected chi connectivity index (χ0v) is 35.9. The molecule has 0 amide bonds. The molecule has 0 aromatic rings. The molecule has 9 N–H and O–H groups in total. The fourth-order valence-corrected chi connectivity index (χ4v) is 13.8. The summed E-state index contributed by atoms with van der Waals surface area (Å²) in [6.07, 6.45) is -13.2. The molecular weight excluding hydrogens is 800 g/mol. The molecule has 1 spiro atoms. The second-order valence-electron chi connectivity index (χ2n) is 20.7. The maximum Gasteiger partial charge on any atom is 0.189 e. The molecule has 9 rings (SSSR count). The van der Waals surface area contributed by atoms with Crippen LogP contribution in [0.1, 0.15) is 92.4 Å². The molecule has 3 saturated carbocycles. The van der Waals surface area contributed by atoms with Crippen LogP contribution in [-0.2, 0) is 37.9 Å². The monoisotopic (exact) mass is 870 g/mol. The van der Waals surface area contributed by atoms with E-state index in [9.17, 15) is 46.0 Å². The van der Waals surface area contributed by atoms with Crippen molar-refractivity contribution in [1.82, 2.24) is 0 Å². The van der Waals surface area contributed by atoms with Gasteiger partial charge < -0.3 is 83.9 Å². The fourth-order valence-electron chi connectivity index (χ4n) is 13.8. The van der Waals surface area contributed by atoms with Crippen molar-refractivity contribution in [1.29, 1.82) is 0 Å². The van der Waals surface area contributed by atoms with Gasteiger partial charge in [0.25, 0.3) is 0 Å². The molecule has 0 radical (unpaired) electrons. The van der Waals surface area contributed by atoms with Crippen LogP contribution in [0.5, 0.6) is 0 Å². The van der Waals surface area contributed by atoms with Crippen LogP contribution in [0.4, 0.5) is 0 Å². The third-order valence-electron chi connectivity index (χ3n) is 17.4. The SMILES string of the molecule is C[C@@H]1CC[C@@]2(OC1)O[C@@H]1C[C@H]3[C@@H]4CC=C5CC(O[C@@H]6O[C@H](CO)[C@@H](O[C@H]7O[C@@H](O)[C@H](O)[C@@H](O)[C@H]7O)[C@H](O)[C@H]6O[C@H]6O[C@@H](C)[C@H](O)[C@@H](O)[C@H]6O)CC[C@]5(C)[C@H]4CC[C@]3(C)[C@@H]1[C@@H]2C. The van der Waals surface area contributed by atoms with Gasteiger partial charge in [0, 0.05) is 12.3 Å². The molecule has 5 saturated heterocycles. The lowest BCUT2D eigenvalue weighted by Gasteiger charge is -2.58. The van der Waals surface area contributed by atoms with Gasteiger partial charge in [-0.15, -0.1) is 0 Å². The Hall–Kier alpha value is -0.940. The van der Waals surface area contributed by atoms with E-state index in [0.717, 1.165) is 51.6 Å². The number of hydrogen-bond donors (Lipinski definition) is 9. The molecule has 0 bridgehead atoms. The highest BCUT2D eigenvalue weighted by Crippen LogP contribution is 2.70. The highest BCUT2D eigenvalue weighted by molar-refractivity contribution is 5.26. The molecule has 26 atom stereocenters. The summed E-state index contributed by atoms with van der Waals surface area (Å²) in [5.41, 5.74) is 1.48. The summed E-state index contributed by atoms with van der Waals surface area (Å²) in [4.78, 5) is 0. The minimum Gasteiger partial charge on any atom is -0.394 e. The van der Waals surface area contributed by atoms with Gasteiger partial charge in [-0.3, -0.25) is 0 Å². The van der Waals surface area contributed by atoms with Gasteiger partial charge in [0.1, 0.15) is 61.0 Å². The van der Waals surface area contributed by atoms with Crippen molar-refractivity contribution in [3.63, 3.8) is 0 Å². The highest BCUT2D eigenvalue weighted by Gasteiger charge is 2.69. The molecule has 5 heterocycles. The fraction of sp³-hybridized carbons (Fsp3) is 0.955. The average Bonchev–Trinajstić information content (AvgIpc) is 3.69. The Labute approximate surface area is 357 Å². The predicted molar refractivity (Wildman–Crippen MR) is 209 cm³/mol. The van der Waals surface area contributed by atoms with Gasteiger partial charge in [-0.2, -0.15) is 0 Å². The lowest BCUT2D eigenvalue weighted by atomic mass is 9.47. The average molecular weight is 871 g/mol. The predicted octanol–water partition coefficient (Wildman–Crippen LogP) is 0.172. The first-order chi connectivity index (χ1) is 28.9. The second-order valence-corrected chi connectivity index (χ2v) is 20.7. The van der Waals surface area contributed by atoms with E-state index in [0.29, 0.717) is 48.3 Å². The summed E-state index contributed by atoms with van der Waals surface area (Å²) in [7, 11) is 0. The number of fused-ring (bicyclic) bond motifs is 7. The van der Waals surface area contributed by atoms with Gasteiger partial charge in [-0.25, -0.2) is 0 Å². The van der Waals surface area contributed by atoms with E-state index in [2.05, 4.69) is 33.8 Å². The largest absolute Gasteiger partial charge is 0.394 e. The Morgan fingerprint density at radius 2 is 1.41 bits per heavy atom. The number of aliphatic hydroxyl groups excluding tert-OH is 9. The lowest BCUT2D eigenvalue weighted by molar-refractivity contribution is -0.397. The van der Waals surface area contributed by atoms with Gasteiger partial charge in [0.15, 0.2) is 30.9 Å². The van der Waals surface area contributed by atoms with Crippen LogP contribution in [0, 0.1) is 46.3 Å². The molecule has 9 aliphatic rings. The Kier molecular flexibility index (Phi) is 12.4. The van der Waals surface area contributed by atoms with Crippen LogP contribution >= 0.6 is 0 Å². The van der Waals surface area contributed by atoms with Gasteiger partial charge in [0.2, 0.25) is 0 Å². The molecule has 17 heteroatoms.